The van der Waals surface area contributed by atoms with Crippen LogP contribution >= 0.6 is 0 Å². The molecule has 0 atom stereocenters. The van der Waals surface area contributed by atoms with Gasteiger partial charge in [-0.1, -0.05) is 18.2 Å². The number of nitrogens with zero attached hydrogens (tertiary/aromatic N) is 1. The SMILES string of the molecule is COCCCN(C(=O)C(C(=O)OC)C(=O)OC)c1ccccc1. The molecule has 7 heteroatoms. The molecule has 7 nitrogen and oxygen atoms in total. The molecule has 0 aromatic heterocycles. The number of carbonyl (C=O) groups excluding carboxylic acids is 3. The predicted octanol–water partition coefficient (Wildman–Crippen LogP) is 1.02. The molecule has 1 amide bonds. The van der Waals surface area contributed by atoms with E-state index in [0.717, 1.165) is 14.2 Å². The third kappa shape index (κ3) is 5.07. The van der Waals surface area contributed by atoms with E-state index >= 15 is 0 Å². The number of esters is 2. The fourth-order valence-electron chi connectivity index (χ4n) is 2.03. The zero-order valence-corrected chi connectivity index (χ0v) is 13.5. The summed E-state index contributed by atoms with van der Waals surface area (Å²) < 4.78 is 14.1. The highest BCUT2D eigenvalue weighted by molar-refractivity contribution is 6.18. The molecule has 0 aliphatic carbocycles. The van der Waals surface area contributed by atoms with Crippen LogP contribution in [0.2, 0.25) is 0 Å². The van der Waals surface area contributed by atoms with Crippen LogP contribution in [0, 0.1) is 5.92 Å². The van der Waals surface area contributed by atoms with E-state index in [9.17, 15) is 14.4 Å². The van der Waals surface area contributed by atoms with Crippen LogP contribution in [0.4, 0.5) is 5.69 Å². The Morgan fingerprint density at radius 3 is 2.04 bits per heavy atom. The van der Waals surface area contributed by atoms with Crippen LogP contribution in [0.15, 0.2) is 30.3 Å². The van der Waals surface area contributed by atoms with Gasteiger partial charge in [-0.2, -0.15) is 0 Å². The van der Waals surface area contributed by atoms with Crippen LogP contribution in [-0.2, 0) is 28.6 Å². The lowest BCUT2D eigenvalue weighted by Crippen LogP contribution is -2.45. The van der Waals surface area contributed by atoms with Crippen LogP contribution in [-0.4, -0.2) is 52.3 Å². The quantitative estimate of drug-likeness (QED) is 0.403. The summed E-state index contributed by atoms with van der Waals surface area (Å²) in [5.41, 5.74) is 0.575. The summed E-state index contributed by atoms with van der Waals surface area (Å²) in [6.45, 7) is 0.735. The van der Waals surface area contributed by atoms with Gasteiger partial charge in [-0.3, -0.25) is 14.4 Å². The van der Waals surface area contributed by atoms with Crippen LogP contribution in [0.25, 0.3) is 0 Å². The van der Waals surface area contributed by atoms with E-state index in [1.54, 1.807) is 37.4 Å². The van der Waals surface area contributed by atoms with Gasteiger partial charge in [0.25, 0.3) is 5.91 Å². The molecule has 0 fully saturated rings. The summed E-state index contributed by atoms with van der Waals surface area (Å²) in [5.74, 6) is -4.23. The lowest BCUT2D eigenvalue weighted by molar-refractivity contribution is -0.161. The topological polar surface area (TPSA) is 82.1 Å². The highest BCUT2D eigenvalue weighted by Gasteiger charge is 2.39. The monoisotopic (exact) mass is 323 g/mol. The van der Waals surface area contributed by atoms with E-state index in [0.29, 0.717) is 25.3 Å². The summed E-state index contributed by atoms with van der Waals surface area (Å²) >= 11 is 0. The molecule has 0 unspecified atom stereocenters. The Hall–Kier alpha value is -2.41. The Morgan fingerprint density at radius 2 is 1.57 bits per heavy atom. The average molecular weight is 323 g/mol. The van der Waals surface area contributed by atoms with Crippen molar-refractivity contribution in [3.63, 3.8) is 0 Å². The van der Waals surface area contributed by atoms with Crippen LogP contribution < -0.4 is 4.90 Å². The van der Waals surface area contributed by atoms with Gasteiger partial charge in [0.15, 0.2) is 0 Å². The normalized spacial score (nSPS) is 10.3. The molecule has 23 heavy (non-hydrogen) atoms. The van der Waals surface area contributed by atoms with E-state index in [-0.39, 0.29) is 0 Å². The van der Waals surface area contributed by atoms with Gasteiger partial charge in [-0.15, -0.1) is 0 Å². The Morgan fingerprint density at radius 1 is 1.00 bits per heavy atom. The third-order valence-electron chi connectivity index (χ3n) is 3.18. The molecule has 0 N–H and O–H groups in total. The van der Waals surface area contributed by atoms with E-state index in [1.165, 1.54) is 4.90 Å². The minimum absolute atomic E-state index is 0.293. The van der Waals surface area contributed by atoms with Crippen molar-refractivity contribution in [3.05, 3.63) is 30.3 Å². The molecule has 0 radical (unpaired) electrons. The first-order valence-corrected chi connectivity index (χ1v) is 7.07. The van der Waals surface area contributed by atoms with Crippen LogP contribution in [0.5, 0.6) is 0 Å². The first kappa shape index (κ1) is 18.6. The third-order valence-corrected chi connectivity index (χ3v) is 3.18. The zero-order chi connectivity index (χ0) is 17.2. The fraction of sp³-hybridized carbons (Fsp3) is 0.438. The number of ether oxygens (including phenoxy) is 3. The van der Waals surface area contributed by atoms with E-state index in [4.69, 9.17) is 4.74 Å². The maximum atomic E-state index is 12.7. The number of amides is 1. The van der Waals surface area contributed by atoms with Gasteiger partial charge in [-0.25, -0.2) is 0 Å². The second-order valence-electron chi connectivity index (χ2n) is 4.65. The van der Waals surface area contributed by atoms with Gasteiger partial charge in [0.2, 0.25) is 5.92 Å². The molecular formula is C16H21NO6. The minimum atomic E-state index is -1.65. The number of rotatable bonds is 8. The van der Waals surface area contributed by atoms with E-state index < -0.39 is 23.8 Å². The molecule has 1 aromatic carbocycles. The van der Waals surface area contributed by atoms with E-state index in [1.807, 2.05) is 0 Å². The van der Waals surface area contributed by atoms with E-state index in [2.05, 4.69) is 9.47 Å². The second-order valence-corrected chi connectivity index (χ2v) is 4.65. The molecule has 0 aliphatic heterocycles. The minimum Gasteiger partial charge on any atom is -0.468 e. The molecule has 1 rings (SSSR count). The average Bonchev–Trinajstić information content (AvgIpc) is 2.59. The summed E-state index contributed by atoms with van der Waals surface area (Å²) in [5, 5.41) is 0. The van der Waals surface area contributed by atoms with Crippen molar-refractivity contribution in [3.8, 4) is 0 Å². The van der Waals surface area contributed by atoms with Crippen LogP contribution in [0.1, 0.15) is 6.42 Å². The molecule has 0 heterocycles. The van der Waals surface area contributed by atoms with Crippen molar-refractivity contribution in [2.75, 3.05) is 39.4 Å². The van der Waals surface area contributed by atoms with Gasteiger partial charge in [0.1, 0.15) is 0 Å². The summed E-state index contributed by atoms with van der Waals surface area (Å²) in [7, 11) is 3.78. The maximum absolute atomic E-state index is 12.7. The van der Waals surface area contributed by atoms with Crippen molar-refractivity contribution < 1.29 is 28.6 Å². The highest BCUT2D eigenvalue weighted by atomic mass is 16.5. The number of benzene rings is 1. The molecule has 1 aromatic rings. The smallest absolute Gasteiger partial charge is 0.329 e. The number of hydrogen-bond acceptors (Lipinski definition) is 6. The largest absolute Gasteiger partial charge is 0.468 e. The number of para-hydroxylation sites is 1. The van der Waals surface area contributed by atoms with Gasteiger partial charge < -0.3 is 19.1 Å². The van der Waals surface area contributed by atoms with Crippen molar-refractivity contribution in [2.45, 2.75) is 6.42 Å². The number of anilines is 1. The lowest BCUT2D eigenvalue weighted by Gasteiger charge is -2.25. The Balaban J connectivity index is 3.09. The molecule has 0 bridgehead atoms. The Labute approximate surface area is 135 Å². The molecule has 0 spiro atoms. The summed E-state index contributed by atoms with van der Waals surface area (Å²) in [6.07, 6.45) is 0.548. The second kappa shape index (κ2) is 9.58. The Kier molecular flexibility index (Phi) is 7.76. The predicted molar refractivity (Wildman–Crippen MR) is 82.8 cm³/mol. The first-order chi connectivity index (χ1) is 11.1. The summed E-state index contributed by atoms with van der Waals surface area (Å²) in [6, 6.07) is 8.76. The van der Waals surface area contributed by atoms with Crippen molar-refractivity contribution >= 4 is 23.5 Å². The first-order valence-electron chi connectivity index (χ1n) is 7.07. The number of carbonyl (C=O) groups is 3. The Bertz CT molecular complexity index is 515. The standard InChI is InChI=1S/C16H21NO6/c1-21-11-7-10-17(12-8-5-4-6-9-12)14(18)13(15(19)22-2)16(20)23-3/h4-6,8-9,13H,7,10-11H2,1-3H3. The van der Waals surface area contributed by atoms with Gasteiger partial charge >= 0.3 is 11.9 Å². The van der Waals surface area contributed by atoms with Crippen molar-refractivity contribution in [1.82, 2.24) is 0 Å². The summed E-state index contributed by atoms with van der Waals surface area (Å²) in [4.78, 5) is 37.7. The van der Waals surface area contributed by atoms with Crippen molar-refractivity contribution in [1.29, 1.82) is 0 Å². The molecule has 0 saturated heterocycles. The fourth-order valence-corrected chi connectivity index (χ4v) is 2.03. The lowest BCUT2D eigenvalue weighted by atomic mass is 10.1. The number of hydrogen-bond donors (Lipinski definition) is 0. The highest BCUT2D eigenvalue weighted by Crippen LogP contribution is 2.18. The van der Waals surface area contributed by atoms with Gasteiger partial charge in [0.05, 0.1) is 14.2 Å². The van der Waals surface area contributed by atoms with Gasteiger partial charge in [-0.05, 0) is 18.6 Å². The molecule has 0 aliphatic rings. The number of methoxy groups -OCH3 is 3. The molecular weight excluding hydrogens is 302 g/mol. The van der Waals surface area contributed by atoms with Crippen molar-refractivity contribution in [2.24, 2.45) is 5.92 Å². The zero-order valence-electron chi connectivity index (χ0n) is 13.5. The molecule has 126 valence electrons. The van der Waals surface area contributed by atoms with Gasteiger partial charge in [0, 0.05) is 25.9 Å². The van der Waals surface area contributed by atoms with Crippen LogP contribution in [0.3, 0.4) is 0 Å². The maximum Gasteiger partial charge on any atom is 0.329 e. The molecule has 0 saturated carbocycles.